The average molecular weight is 617 g/mol. The third kappa shape index (κ3) is 4.02. The summed E-state index contributed by atoms with van der Waals surface area (Å²) >= 11 is 11.1. The van der Waals surface area contributed by atoms with E-state index >= 15 is 0 Å². The van der Waals surface area contributed by atoms with Crippen LogP contribution >= 0.6 is 51.3 Å². The number of hydrogen-bond donors (Lipinski definition) is 0. The van der Waals surface area contributed by atoms with E-state index in [0.29, 0.717) is 22.4 Å². The molecule has 0 bridgehead atoms. The molecule has 0 saturated heterocycles. The van der Waals surface area contributed by atoms with Gasteiger partial charge in [-0.3, -0.25) is 4.79 Å². The fraction of sp³-hybridized carbons (Fsp3) is 0.107. The molecule has 0 aliphatic rings. The third-order valence-electron chi connectivity index (χ3n) is 5.61. The molecule has 34 heavy (non-hydrogen) atoms. The van der Waals surface area contributed by atoms with E-state index in [1.54, 1.807) is 11.3 Å². The second kappa shape index (κ2) is 9.90. The summed E-state index contributed by atoms with van der Waals surface area (Å²) in [5.74, 6) is 0.770. The summed E-state index contributed by atoms with van der Waals surface area (Å²) in [6.45, 7) is 2.65. The maximum atomic E-state index is 13.5. The molecule has 0 spiro atoms. The quantitative estimate of drug-likeness (QED) is 0.140. The molecule has 0 atom stereocenters. The van der Waals surface area contributed by atoms with Crippen molar-refractivity contribution in [1.29, 1.82) is 0 Å². The summed E-state index contributed by atoms with van der Waals surface area (Å²) in [5, 5.41) is 1.70. The Morgan fingerprint density at radius 3 is 2.12 bits per heavy atom. The van der Waals surface area contributed by atoms with Crippen molar-refractivity contribution in [2.24, 2.45) is 0 Å². The molecule has 0 aliphatic carbocycles. The Morgan fingerprint density at radius 1 is 0.912 bits per heavy atom. The van der Waals surface area contributed by atoms with Crippen LogP contribution in [-0.4, -0.2) is 6.61 Å². The van der Waals surface area contributed by atoms with Gasteiger partial charge in [-0.15, -0.1) is 18.5 Å². The first-order valence-corrected chi connectivity index (χ1v) is 16.4. The molecule has 0 fully saturated rings. The summed E-state index contributed by atoms with van der Waals surface area (Å²) in [7, 11) is -1.75. The van der Waals surface area contributed by atoms with E-state index in [-0.39, 0.29) is 5.43 Å². The van der Waals surface area contributed by atoms with E-state index in [2.05, 4.69) is 76.7 Å². The molecule has 0 saturated carbocycles. The molecule has 0 unspecified atom stereocenters. The second-order valence-corrected chi connectivity index (χ2v) is 15.7. The molecule has 172 valence electrons. The van der Waals surface area contributed by atoms with Gasteiger partial charge >= 0.3 is 0 Å². The van der Waals surface area contributed by atoms with Crippen molar-refractivity contribution in [3.05, 3.63) is 106 Å². The predicted octanol–water partition coefficient (Wildman–Crippen LogP) is 9.49. The van der Waals surface area contributed by atoms with Crippen molar-refractivity contribution in [3.8, 4) is 5.75 Å². The first-order valence-electron chi connectivity index (χ1n) is 11.0. The average Bonchev–Trinajstić information content (AvgIpc) is 2.88. The standard InChI is InChI=1S/C28H22ClIO2S2/c1-2-17-32-27-24(34(30,19-11-5-3-6-12-19)20-13-7-4-8-14-20)18-22(29)25-26(31)21-15-9-10-16-23(21)33-28(25)27/h3-16,18H,2,17H2,1H3. The SMILES string of the molecule is CCCOc1c(S(I)(c2ccccc2)c2ccccc2)cc(Cl)c2c(=O)c3ccccc3sc12. The lowest BCUT2D eigenvalue weighted by Crippen LogP contribution is -2.07. The fourth-order valence-corrected chi connectivity index (χ4v) is 11.0. The lowest BCUT2D eigenvalue weighted by atomic mass is 10.1. The Hall–Kier alpha value is -2.06. The highest BCUT2D eigenvalue weighted by Gasteiger charge is 2.33. The minimum Gasteiger partial charge on any atom is -0.491 e. The first-order chi connectivity index (χ1) is 16.6. The molecule has 1 aromatic heterocycles. The van der Waals surface area contributed by atoms with Crippen LogP contribution in [0.3, 0.4) is 0 Å². The Kier molecular flexibility index (Phi) is 6.89. The maximum absolute atomic E-state index is 13.5. The van der Waals surface area contributed by atoms with Crippen LogP contribution in [0, 0.1) is 0 Å². The first kappa shape index (κ1) is 23.7. The number of benzene rings is 4. The highest BCUT2D eigenvalue weighted by molar-refractivity contribution is 14.2. The van der Waals surface area contributed by atoms with Crippen LogP contribution in [0.2, 0.25) is 5.02 Å². The summed E-state index contributed by atoms with van der Waals surface area (Å²) in [4.78, 5) is 16.9. The van der Waals surface area contributed by atoms with E-state index in [1.165, 1.54) is 9.79 Å². The smallest absolute Gasteiger partial charge is 0.197 e. The molecule has 0 amide bonds. The molecule has 4 aromatic carbocycles. The van der Waals surface area contributed by atoms with E-state index < -0.39 is 7.20 Å². The lowest BCUT2D eigenvalue weighted by molar-refractivity contribution is 0.314. The number of fused-ring (bicyclic) bond motifs is 2. The second-order valence-electron chi connectivity index (χ2n) is 7.83. The van der Waals surface area contributed by atoms with E-state index in [9.17, 15) is 4.79 Å². The minimum absolute atomic E-state index is 0.0456. The number of rotatable bonds is 6. The fourth-order valence-electron chi connectivity index (χ4n) is 4.04. The van der Waals surface area contributed by atoms with Crippen LogP contribution in [0.15, 0.2) is 110 Å². The summed E-state index contributed by atoms with van der Waals surface area (Å²) in [6, 6.07) is 30.7. The van der Waals surface area contributed by atoms with Gasteiger partial charge in [0.1, 0.15) is 0 Å². The summed E-state index contributed by atoms with van der Waals surface area (Å²) in [6.07, 6.45) is 0.867. The molecule has 0 radical (unpaired) electrons. The van der Waals surface area contributed by atoms with Gasteiger partial charge in [-0.2, -0.15) is 0 Å². The zero-order chi connectivity index (χ0) is 23.7. The maximum Gasteiger partial charge on any atom is 0.197 e. The molecule has 6 heteroatoms. The van der Waals surface area contributed by atoms with Gasteiger partial charge in [-0.05, 0) is 70.1 Å². The summed E-state index contributed by atoms with van der Waals surface area (Å²) in [5.41, 5.74) is -0.0456. The molecule has 5 rings (SSSR count). The highest BCUT2D eigenvalue weighted by Crippen LogP contribution is 2.76. The Morgan fingerprint density at radius 2 is 1.50 bits per heavy atom. The normalized spacial score (nSPS) is 12.2. The molecule has 5 aromatic rings. The molecular weight excluding hydrogens is 595 g/mol. The lowest BCUT2D eigenvalue weighted by Gasteiger charge is -2.36. The Balaban J connectivity index is 1.93. The van der Waals surface area contributed by atoms with Crippen molar-refractivity contribution in [2.45, 2.75) is 28.0 Å². The van der Waals surface area contributed by atoms with Gasteiger partial charge in [0.2, 0.25) is 0 Å². The molecule has 0 N–H and O–H groups in total. The van der Waals surface area contributed by atoms with Crippen LogP contribution in [0.4, 0.5) is 0 Å². The van der Waals surface area contributed by atoms with Gasteiger partial charge in [0.15, 0.2) is 11.2 Å². The zero-order valence-corrected chi connectivity index (χ0v) is 23.0. The van der Waals surface area contributed by atoms with E-state index in [1.807, 2.05) is 42.5 Å². The van der Waals surface area contributed by atoms with Crippen LogP contribution in [0.25, 0.3) is 20.2 Å². The van der Waals surface area contributed by atoms with Crippen LogP contribution in [0.5, 0.6) is 5.75 Å². The number of hydrogen-bond acceptors (Lipinski definition) is 3. The molecule has 1 heterocycles. The van der Waals surface area contributed by atoms with Gasteiger partial charge in [0, 0.05) is 19.9 Å². The van der Waals surface area contributed by atoms with Gasteiger partial charge in [-0.1, -0.05) is 67.1 Å². The third-order valence-corrected chi connectivity index (χ3v) is 14.3. The number of halogens is 2. The van der Waals surface area contributed by atoms with Gasteiger partial charge in [-0.25, -0.2) is 0 Å². The van der Waals surface area contributed by atoms with E-state index in [0.717, 1.165) is 26.5 Å². The van der Waals surface area contributed by atoms with Crippen LogP contribution < -0.4 is 10.2 Å². The molecular formula is C28H22ClIO2S2. The zero-order valence-electron chi connectivity index (χ0n) is 18.5. The minimum atomic E-state index is -1.75. The van der Waals surface area contributed by atoms with Gasteiger partial charge < -0.3 is 4.74 Å². The molecule has 0 aliphatic heterocycles. The Labute approximate surface area is 221 Å². The van der Waals surface area contributed by atoms with E-state index in [4.69, 9.17) is 16.3 Å². The largest absolute Gasteiger partial charge is 0.491 e. The van der Waals surface area contributed by atoms with Crippen molar-refractivity contribution in [1.82, 2.24) is 0 Å². The number of ether oxygens (including phenoxy) is 1. The molecule has 2 nitrogen and oxygen atoms in total. The van der Waals surface area contributed by atoms with Crippen LogP contribution in [0.1, 0.15) is 13.3 Å². The highest BCUT2D eigenvalue weighted by atomic mass is 127. The van der Waals surface area contributed by atoms with Gasteiger partial charge in [0.05, 0.1) is 26.6 Å². The van der Waals surface area contributed by atoms with Crippen molar-refractivity contribution >= 4 is 71.5 Å². The van der Waals surface area contributed by atoms with Crippen molar-refractivity contribution in [3.63, 3.8) is 0 Å². The van der Waals surface area contributed by atoms with Crippen molar-refractivity contribution < 1.29 is 4.74 Å². The topological polar surface area (TPSA) is 26.3 Å². The monoisotopic (exact) mass is 616 g/mol. The summed E-state index contributed by atoms with van der Waals surface area (Å²) < 4.78 is 8.23. The van der Waals surface area contributed by atoms with Crippen molar-refractivity contribution in [2.75, 3.05) is 6.61 Å². The van der Waals surface area contributed by atoms with Crippen LogP contribution in [-0.2, 0) is 0 Å². The van der Waals surface area contributed by atoms with Gasteiger partial charge in [0.25, 0.3) is 0 Å². The Bertz CT molecular complexity index is 1500. The predicted molar refractivity (Wildman–Crippen MR) is 156 cm³/mol.